The van der Waals surface area contributed by atoms with Crippen molar-refractivity contribution in [2.24, 2.45) is 0 Å². The molecule has 0 aromatic heterocycles. The number of benzene rings is 3. The maximum atomic E-state index is 13.3. The van der Waals surface area contributed by atoms with Gasteiger partial charge in [0.05, 0.1) is 21.2 Å². The molecule has 0 saturated heterocycles. The van der Waals surface area contributed by atoms with E-state index in [0.717, 1.165) is 42.5 Å². The lowest BCUT2D eigenvalue weighted by atomic mass is 10.2. The Hall–Kier alpha value is -2.98. The lowest BCUT2D eigenvalue weighted by Crippen LogP contribution is -2.18. The summed E-state index contributed by atoms with van der Waals surface area (Å²) in [5.41, 5.74) is 0.143. The highest BCUT2D eigenvalue weighted by Gasteiger charge is 2.21. The third-order valence-electron chi connectivity index (χ3n) is 3.97. The van der Waals surface area contributed by atoms with Gasteiger partial charge in [0.2, 0.25) is 0 Å². The minimum Gasteiger partial charge on any atom is -0.277 e. The molecule has 0 spiro atoms. The molecule has 0 saturated carbocycles. The Kier molecular flexibility index (Phi) is 5.58. The van der Waals surface area contributed by atoms with E-state index in [2.05, 4.69) is 9.44 Å². The van der Waals surface area contributed by atoms with Crippen molar-refractivity contribution in [2.75, 3.05) is 9.44 Å². The van der Waals surface area contributed by atoms with Gasteiger partial charge in [-0.15, -0.1) is 0 Å². The molecule has 6 nitrogen and oxygen atoms in total. The first-order valence-electron chi connectivity index (χ1n) is 8.25. The maximum absolute atomic E-state index is 13.3. The SMILES string of the molecule is Cc1cc(F)ccc1S(=O)(=O)Nc1ccccc1NS(=O)(=O)c1ccc(F)cc1. The number of hydrogen-bond donors (Lipinski definition) is 2. The second-order valence-corrected chi connectivity index (χ2v) is 9.45. The molecule has 0 heterocycles. The van der Waals surface area contributed by atoms with E-state index in [9.17, 15) is 25.6 Å². The fourth-order valence-electron chi connectivity index (χ4n) is 2.59. The molecule has 29 heavy (non-hydrogen) atoms. The van der Waals surface area contributed by atoms with Gasteiger partial charge in [-0.2, -0.15) is 0 Å². The quantitative estimate of drug-likeness (QED) is 0.611. The highest BCUT2D eigenvalue weighted by Crippen LogP contribution is 2.28. The van der Waals surface area contributed by atoms with E-state index in [4.69, 9.17) is 0 Å². The monoisotopic (exact) mass is 438 g/mol. The van der Waals surface area contributed by atoms with Crippen LogP contribution in [0.25, 0.3) is 0 Å². The highest BCUT2D eigenvalue weighted by atomic mass is 32.2. The maximum Gasteiger partial charge on any atom is 0.262 e. The smallest absolute Gasteiger partial charge is 0.262 e. The summed E-state index contributed by atoms with van der Waals surface area (Å²) in [7, 11) is -8.20. The minimum atomic E-state index is -4.11. The van der Waals surface area contributed by atoms with Crippen LogP contribution in [-0.2, 0) is 20.0 Å². The van der Waals surface area contributed by atoms with Crippen LogP contribution in [0.3, 0.4) is 0 Å². The van der Waals surface area contributed by atoms with Crippen molar-refractivity contribution in [3.05, 3.63) is 83.9 Å². The normalized spacial score (nSPS) is 11.8. The van der Waals surface area contributed by atoms with Crippen LogP contribution in [0.2, 0.25) is 0 Å². The van der Waals surface area contributed by atoms with Gasteiger partial charge in [0.25, 0.3) is 20.0 Å². The first-order valence-corrected chi connectivity index (χ1v) is 11.2. The number of halogens is 2. The summed E-state index contributed by atoms with van der Waals surface area (Å²) >= 11 is 0. The fraction of sp³-hybridized carbons (Fsp3) is 0.0526. The Balaban J connectivity index is 1.94. The molecule has 0 aliphatic heterocycles. The van der Waals surface area contributed by atoms with Crippen molar-refractivity contribution in [1.82, 2.24) is 0 Å². The second-order valence-electron chi connectivity index (χ2n) is 6.12. The number of rotatable bonds is 6. The summed E-state index contributed by atoms with van der Waals surface area (Å²) in [6, 6.07) is 13.2. The van der Waals surface area contributed by atoms with Crippen molar-refractivity contribution >= 4 is 31.4 Å². The topological polar surface area (TPSA) is 92.3 Å². The number of hydrogen-bond acceptors (Lipinski definition) is 4. The van der Waals surface area contributed by atoms with Gasteiger partial charge in [-0.05, 0) is 67.1 Å². The van der Waals surface area contributed by atoms with E-state index in [0.29, 0.717) is 0 Å². The lowest BCUT2D eigenvalue weighted by molar-refractivity contribution is 0.596. The molecule has 0 aliphatic rings. The summed E-state index contributed by atoms with van der Waals surface area (Å²) in [5.74, 6) is -1.17. The van der Waals surface area contributed by atoms with Crippen LogP contribution in [-0.4, -0.2) is 16.8 Å². The Morgan fingerprint density at radius 1 is 0.690 bits per heavy atom. The number of para-hydroxylation sites is 2. The van der Waals surface area contributed by atoms with Gasteiger partial charge < -0.3 is 0 Å². The summed E-state index contributed by atoms with van der Waals surface area (Å²) in [5, 5.41) is 0. The average molecular weight is 438 g/mol. The minimum absolute atomic E-state index is 0.0260. The van der Waals surface area contributed by atoms with E-state index in [1.165, 1.54) is 31.2 Å². The molecule has 0 atom stereocenters. The largest absolute Gasteiger partial charge is 0.277 e. The van der Waals surface area contributed by atoms with Crippen molar-refractivity contribution in [3.8, 4) is 0 Å². The molecule has 0 radical (unpaired) electrons. The molecule has 2 N–H and O–H groups in total. The van der Waals surface area contributed by atoms with Crippen LogP contribution in [0.4, 0.5) is 20.2 Å². The van der Waals surface area contributed by atoms with E-state index >= 15 is 0 Å². The van der Waals surface area contributed by atoms with E-state index in [1.54, 1.807) is 0 Å². The highest BCUT2D eigenvalue weighted by molar-refractivity contribution is 7.93. The zero-order valence-corrected chi connectivity index (χ0v) is 16.7. The van der Waals surface area contributed by atoms with Crippen LogP contribution in [0.15, 0.2) is 76.5 Å². The van der Waals surface area contributed by atoms with Crippen LogP contribution >= 0.6 is 0 Å². The van der Waals surface area contributed by atoms with Crippen LogP contribution in [0, 0.1) is 18.6 Å². The number of aryl methyl sites for hydroxylation is 1. The summed E-state index contributed by atoms with van der Waals surface area (Å²) in [6.45, 7) is 1.45. The average Bonchev–Trinajstić information content (AvgIpc) is 2.63. The van der Waals surface area contributed by atoms with E-state index in [1.807, 2.05) is 0 Å². The predicted molar refractivity (Wildman–Crippen MR) is 106 cm³/mol. The van der Waals surface area contributed by atoms with Crippen molar-refractivity contribution in [3.63, 3.8) is 0 Å². The first-order chi connectivity index (χ1) is 13.6. The van der Waals surface area contributed by atoms with Crippen LogP contribution in [0.5, 0.6) is 0 Å². The number of nitrogens with one attached hydrogen (secondary N) is 2. The molecule has 3 rings (SSSR count). The lowest BCUT2D eigenvalue weighted by Gasteiger charge is -2.15. The Labute approximate surface area is 167 Å². The van der Waals surface area contributed by atoms with Gasteiger partial charge in [0.15, 0.2) is 0 Å². The van der Waals surface area contributed by atoms with Crippen LogP contribution < -0.4 is 9.44 Å². The molecule has 0 aliphatic carbocycles. The van der Waals surface area contributed by atoms with E-state index in [-0.39, 0.29) is 26.7 Å². The zero-order chi connectivity index (χ0) is 21.2. The van der Waals surface area contributed by atoms with Crippen molar-refractivity contribution in [2.45, 2.75) is 16.7 Å². The first kappa shape index (κ1) is 20.7. The Morgan fingerprint density at radius 2 is 1.21 bits per heavy atom. The summed E-state index contributed by atoms with van der Waals surface area (Å²) in [6.07, 6.45) is 0. The molecule has 0 fully saturated rings. The number of anilines is 2. The zero-order valence-electron chi connectivity index (χ0n) is 15.1. The van der Waals surface area contributed by atoms with Crippen LogP contribution in [0.1, 0.15) is 5.56 Å². The molecule has 0 unspecified atom stereocenters. The van der Waals surface area contributed by atoms with Gasteiger partial charge >= 0.3 is 0 Å². The molecule has 0 bridgehead atoms. The Morgan fingerprint density at radius 3 is 1.76 bits per heavy atom. The third-order valence-corrected chi connectivity index (χ3v) is 6.87. The van der Waals surface area contributed by atoms with Gasteiger partial charge in [0, 0.05) is 0 Å². The molecule has 3 aromatic rings. The van der Waals surface area contributed by atoms with Crippen molar-refractivity contribution < 1.29 is 25.6 Å². The summed E-state index contributed by atoms with van der Waals surface area (Å²) in [4.78, 5) is -0.332. The summed E-state index contributed by atoms with van der Waals surface area (Å²) < 4.78 is 81.4. The van der Waals surface area contributed by atoms with Gasteiger partial charge in [-0.3, -0.25) is 9.44 Å². The van der Waals surface area contributed by atoms with Gasteiger partial charge in [-0.25, -0.2) is 25.6 Å². The molecule has 10 heteroatoms. The molecule has 3 aromatic carbocycles. The predicted octanol–water partition coefficient (Wildman–Crippen LogP) is 3.87. The molecular weight excluding hydrogens is 422 g/mol. The van der Waals surface area contributed by atoms with Gasteiger partial charge in [-0.1, -0.05) is 12.1 Å². The standard InChI is InChI=1S/C19H16F2N2O4S2/c1-13-12-15(21)8-11-19(13)29(26,27)23-18-5-3-2-4-17(18)22-28(24,25)16-9-6-14(20)7-10-16/h2-12,22-23H,1H3. The molecular formula is C19H16F2N2O4S2. The number of sulfonamides is 2. The van der Waals surface area contributed by atoms with E-state index < -0.39 is 31.7 Å². The second kappa shape index (κ2) is 7.80. The fourth-order valence-corrected chi connectivity index (χ4v) is 4.98. The van der Waals surface area contributed by atoms with Gasteiger partial charge in [0.1, 0.15) is 11.6 Å². The van der Waals surface area contributed by atoms with Crippen molar-refractivity contribution in [1.29, 1.82) is 0 Å². The molecule has 152 valence electrons. The third kappa shape index (κ3) is 4.72. The molecule has 0 amide bonds. The Bertz CT molecular complexity index is 1260.